The molecule has 3 unspecified atom stereocenters. The number of nitrogens with zero attached hydrogens (tertiary/aromatic N) is 1. The highest BCUT2D eigenvalue weighted by Crippen LogP contribution is 2.37. The van der Waals surface area contributed by atoms with E-state index < -0.39 is 0 Å². The van der Waals surface area contributed by atoms with Gasteiger partial charge in [0.2, 0.25) is 0 Å². The number of phenolic OH excluding ortho intramolecular Hbond substituents is 1. The number of likely N-dealkylation sites (tertiary alicyclic amines) is 1. The van der Waals surface area contributed by atoms with Gasteiger partial charge in [-0.25, -0.2) is 0 Å². The van der Waals surface area contributed by atoms with E-state index in [4.69, 9.17) is 0 Å². The SMILES string of the molecule is CCC1CCC(C)N1C(CC)c1ccc(O)cc1. The monoisotopic (exact) mass is 247 g/mol. The Labute approximate surface area is 111 Å². The van der Waals surface area contributed by atoms with Gasteiger partial charge >= 0.3 is 0 Å². The summed E-state index contributed by atoms with van der Waals surface area (Å²) in [6.07, 6.45) is 5.00. The van der Waals surface area contributed by atoms with Gasteiger partial charge in [0, 0.05) is 18.1 Å². The van der Waals surface area contributed by atoms with E-state index in [1.807, 2.05) is 0 Å². The zero-order valence-electron chi connectivity index (χ0n) is 11.8. The third kappa shape index (κ3) is 2.54. The Morgan fingerprint density at radius 3 is 2.44 bits per heavy atom. The van der Waals surface area contributed by atoms with Crippen LogP contribution in [0.5, 0.6) is 5.75 Å². The molecule has 0 radical (unpaired) electrons. The molecule has 1 aliphatic rings. The Morgan fingerprint density at radius 1 is 1.22 bits per heavy atom. The minimum absolute atomic E-state index is 0.357. The lowest BCUT2D eigenvalue weighted by Gasteiger charge is -2.36. The van der Waals surface area contributed by atoms with Crippen molar-refractivity contribution >= 4 is 0 Å². The number of phenols is 1. The maximum atomic E-state index is 9.41. The highest BCUT2D eigenvalue weighted by atomic mass is 16.3. The van der Waals surface area contributed by atoms with Gasteiger partial charge in [-0.05, 0) is 50.3 Å². The molecule has 1 aromatic rings. The Bertz CT molecular complexity index is 373. The molecule has 0 bridgehead atoms. The van der Waals surface area contributed by atoms with Crippen LogP contribution >= 0.6 is 0 Å². The molecule has 0 aliphatic carbocycles. The zero-order valence-corrected chi connectivity index (χ0v) is 11.8. The Kier molecular flexibility index (Phi) is 4.28. The van der Waals surface area contributed by atoms with Gasteiger partial charge in [-0.1, -0.05) is 26.0 Å². The summed E-state index contributed by atoms with van der Waals surface area (Å²) in [6, 6.07) is 9.64. The number of hydrogen-bond acceptors (Lipinski definition) is 2. The van der Waals surface area contributed by atoms with Crippen LogP contribution < -0.4 is 0 Å². The molecule has 3 atom stereocenters. The average molecular weight is 247 g/mol. The van der Waals surface area contributed by atoms with Crippen molar-refractivity contribution < 1.29 is 5.11 Å². The van der Waals surface area contributed by atoms with Crippen LogP contribution in [0.15, 0.2) is 24.3 Å². The summed E-state index contributed by atoms with van der Waals surface area (Å²) in [5.41, 5.74) is 1.34. The van der Waals surface area contributed by atoms with Crippen molar-refractivity contribution in [3.8, 4) is 5.75 Å². The lowest BCUT2D eigenvalue weighted by molar-refractivity contribution is 0.129. The van der Waals surface area contributed by atoms with Crippen LogP contribution in [0.3, 0.4) is 0 Å². The molecule has 1 fully saturated rings. The molecule has 0 spiro atoms. The van der Waals surface area contributed by atoms with Gasteiger partial charge in [0.05, 0.1) is 0 Å². The van der Waals surface area contributed by atoms with E-state index in [1.165, 1.54) is 24.8 Å². The summed E-state index contributed by atoms with van der Waals surface area (Å²) in [4.78, 5) is 2.69. The Balaban J connectivity index is 2.24. The van der Waals surface area contributed by atoms with Crippen LogP contribution in [0.1, 0.15) is 58.1 Å². The van der Waals surface area contributed by atoms with Crippen molar-refractivity contribution in [3.05, 3.63) is 29.8 Å². The van der Waals surface area contributed by atoms with Crippen LogP contribution in [0, 0.1) is 0 Å². The van der Waals surface area contributed by atoms with E-state index in [2.05, 4.69) is 37.8 Å². The molecule has 1 saturated heterocycles. The largest absolute Gasteiger partial charge is 0.508 e. The minimum atomic E-state index is 0.357. The second-order valence-corrected chi connectivity index (χ2v) is 5.45. The summed E-state index contributed by atoms with van der Waals surface area (Å²) in [6.45, 7) is 6.90. The number of aromatic hydroxyl groups is 1. The van der Waals surface area contributed by atoms with Gasteiger partial charge in [-0.3, -0.25) is 4.90 Å². The molecule has 1 N–H and O–H groups in total. The maximum absolute atomic E-state index is 9.41. The van der Waals surface area contributed by atoms with Crippen LogP contribution in [0.4, 0.5) is 0 Å². The first kappa shape index (κ1) is 13.4. The maximum Gasteiger partial charge on any atom is 0.115 e. The Morgan fingerprint density at radius 2 is 1.89 bits per heavy atom. The van der Waals surface area contributed by atoms with Gasteiger partial charge < -0.3 is 5.11 Å². The molecule has 100 valence electrons. The van der Waals surface area contributed by atoms with Crippen LogP contribution in [-0.4, -0.2) is 22.1 Å². The molecular weight excluding hydrogens is 222 g/mol. The highest BCUT2D eigenvalue weighted by molar-refractivity contribution is 5.28. The molecule has 0 aromatic heterocycles. The number of benzene rings is 1. The van der Waals surface area contributed by atoms with Crippen molar-refractivity contribution in [1.82, 2.24) is 4.90 Å². The molecule has 1 heterocycles. The normalized spacial score (nSPS) is 26.4. The van der Waals surface area contributed by atoms with Crippen molar-refractivity contribution in [2.45, 2.75) is 64.6 Å². The quantitative estimate of drug-likeness (QED) is 0.865. The van der Waals surface area contributed by atoms with Gasteiger partial charge in [-0.15, -0.1) is 0 Å². The molecule has 1 aromatic carbocycles. The third-order valence-electron chi connectivity index (χ3n) is 4.34. The zero-order chi connectivity index (χ0) is 13.1. The fourth-order valence-corrected chi connectivity index (χ4v) is 3.38. The predicted octanol–water partition coefficient (Wildman–Crippen LogP) is 4.11. The van der Waals surface area contributed by atoms with Crippen molar-refractivity contribution in [2.75, 3.05) is 0 Å². The second kappa shape index (κ2) is 5.75. The van der Waals surface area contributed by atoms with E-state index in [0.717, 1.165) is 12.5 Å². The molecular formula is C16H25NO. The van der Waals surface area contributed by atoms with Gasteiger partial charge in [0.25, 0.3) is 0 Å². The standard InChI is InChI=1S/C16H25NO/c1-4-14-9-6-12(3)17(14)16(5-2)13-7-10-15(18)11-8-13/h7-8,10-12,14,16,18H,4-6,9H2,1-3H3. The smallest absolute Gasteiger partial charge is 0.115 e. The van der Waals surface area contributed by atoms with E-state index >= 15 is 0 Å². The highest BCUT2D eigenvalue weighted by Gasteiger charge is 2.34. The van der Waals surface area contributed by atoms with Crippen LogP contribution in [-0.2, 0) is 0 Å². The summed E-state index contributed by atoms with van der Waals surface area (Å²) in [7, 11) is 0. The summed E-state index contributed by atoms with van der Waals surface area (Å²) >= 11 is 0. The summed E-state index contributed by atoms with van der Waals surface area (Å²) in [5, 5.41) is 9.41. The minimum Gasteiger partial charge on any atom is -0.508 e. The average Bonchev–Trinajstić information content (AvgIpc) is 2.74. The summed E-state index contributed by atoms with van der Waals surface area (Å²) < 4.78 is 0. The first-order valence-corrected chi connectivity index (χ1v) is 7.23. The van der Waals surface area contributed by atoms with Crippen LogP contribution in [0.25, 0.3) is 0 Å². The fraction of sp³-hybridized carbons (Fsp3) is 0.625. The molecule has 1 aliphatic heterocycles. The van der Waals surface area contributed by atoms with Crippen molar-refractivity contribution in [1.29, 1.82) is 0 Å². The van der Waals surface area contributed by atoms with Gasteiger partial charge in [0.1, 0.15) is 5.75 Å². The number of hydrogen-bond donors (Lipinski definition) is 1. The topological polar surface area (TPSA) is 23.5 Å². The van der Waals surface area contributed by atoms with Gasteiger partial charge in [0.15, 0.2) is 0 Å². The van der Waals surface area contributed by atoms with E-state index in [9.17, 15) is 5.11 Å². The van der Waals surface area contributed by atoms with Gasteiger partial charge in [-0.2, -0.15) is 0 Å². The molecule has 18 heavy (non-hydrogen) atoms. The van der Waals surface area contributed by atoms with Crippen LogP contribution in [0.2, 0.25) is 0 Å². The molecule has 2 heteroatoms. The van der Waals surface area contributed by atoms with E-state index in [0.29, 0.717) is 17.8 Å². The molecule has 0 saturated carbocycles. The van der Waals surface area contributed by atoms with E-state index in [1.54, 1.807) is 12.1 Å². The van der Waals surface area contributed by atoms with Crippen molar-refractivity contribution in [2.24, 2.45) is 0 Å². The first-order chi connectivity index (χ1) is 8.67. The predicted molar refractivity (Wildman–Crippen MR) is 75.8 cm³/mol. The lowest BCUT2D eigenvalue weighted by Crippen LogP contribution is -2.37. The Hall–Kier alpha value is -1.02. The number of rotatable bonds is 4. The third-order valence-corrected chi connectivity index (χ3v) is 4.34. The first-order valence-electron chi connectivity index (χ1n) is 7.23. The molecule has 0 amide bonds. The fourth-order valence-electron chi connectivity index (χ4n) is 3.38. The molecule has 2 rings (SSSR count). The van der Waals surface area contributed by atoms with Crippen molar-refractivity contribution in [3.63, 3.8) is 0 Å². The second-order valence-electron chi connectivity index (χ2n) is 5.45. The summed E-state index contributed by atoms with van der Waals surface area (Å²) in [5.74, 6) is 0.357. The molecule has 2 nitrogen and oxygen atoms in total. The lowest BCUT2D eigenvalue weighted by atomic mass is 10.00. The van der Waals surface area contributed by atoms with E-state index in [-0.39, 0.29) is 0 Å².